The van der Waals surface area contributed by atoms with Gasteiger partial charge in [0.2, 0.25) is 0 Å². The van der Waals surface area contributed by atoms with Crippen molar-refractivity contribution in [1.29, 1.82) is 0 Å². The molecule has 2 aromatic carbocycles. The van der Waals surface area contributed by atoms with Crippen LogP contribution in [0.2, 0.25) is 0 Å². The molecule has 0 unspecified atom stereocenters. The van der Waals surface area contributed by atoms with Crippen molar-refractivity contribution in [2.45, 2.75) is 26.0 Å². The molecule has 0 aliphatic heterocycles. The average molecular weight is 402 g/mol. The minimum Gasteiger partial charge on any atom is -0.483 e. The topological polar surface area (TPSA) is 51.5 Å². The molecule has 2 aromatic heterocycles. The summed E-state index contributed by atoms with van der Waals surface area (Å²) in [5, 5.41) is 11.4. The zero-order valence-electron chi connectivity index (χ0n) is 17.0. The Kier molecular flexibility index (Phi) is 5.23. The van der Waals surface area contributed by atoms with Crippen LogP contribution in [-0.4, -0.2) is 14.6 Å². The molecule has 0 radical (unpaired) electrons. The highest BCUT2D eigenvalue weighted by Gasteiger charge is 2.25. The molecule has 2 heterocycles. The largest absolute Gasteiger partial charge is 0.483 e. The molecule has 6 heteroatoms. The number of halogens is 1. The molecular weight excluding hydrogens is 379 g/mol. The van der Waals surface area contributed by atoms with E-state index < -0.39 is 5.60 Å². The Balaban J connectivity index is 1.41. The van der Waals surface area contributed by atoms with Crippen molar-refractivity contribution in [3.63, 3.8) is 0 Å². The van der Waals surface area contributed by atoms with Crippen LogP contribution in [0.5, 0.6) is 5.75 Å². The molecule has 1 N–H and O–H groups in total. The van der Waals surface area contributed by atoms with Gasteiger partial charge in [-0.3, -0.25) is 4.40 Å². The minimum absolute atomic E-state index is 0.274. The fraction of sp³-hybridized carbons (Fsp3) is 0.167. The molecule has 0 saturated carbocycles. The van der Waals surface area contributed by atoms with Gasteiger partial charge in [0.05, 0.1) is 0 Å². The van der Waals surface area contributed by atoms with Crippen LogP contribution in [0, 0.1) is 5.82 Å². The van der Waals surface area contributed by atoms with Crippen molar-refractivity contribution in [2.75, 3.05) is 0 Å². The number of benzene rings is 2. The Bertz CT molecular complexity index is 1180. The molecule has 0 saturated heterocycles. The smallest absolute Gasteiger partial charge is 0.169 e. The van der Waals surface area contributed by atoms with Crippen molar-refractivity contribution >= 4 is 11.3 Å². The predicted molar refractivity (Wildman–Crippen MR) is 115 cm³/mol. The molecule has 0 amide bonds. The van der Waals surface area contributed by atoms with E-state index in [1.54, 1.807) is 18.5 Å². The second kappa shape index (κ2) is 7.99. The third kappa shape index (κ3) is 4.03. The van der Waals surface area contributed by atoms with Crippen LogP contribution in [0.4, 0.5) is 4.39 Å². The first-order valence-corrected chi connectivity index (χ1v) is 9.68. The minimum atomic E-state index is -0.781. The number of fused-ring (bicyclic) bond motifs is 1. The molecule has 152 valence electrons. The van der Waals surface area contributed by atoms with E-state index in [0.717, 1.165) is 22.5 Å². The van der Waals surface area contributed by atoms with E-state index in [1.165, 1.54) is 6.07 Å². The second-order valence-corrected chi connectivity index (χ2v) is 7.55. The fourth-order valence-corrected chi connectivity index (χ4v) is 3.36. The van der Waals surface area contributed by atoms with E-state index in [0.29, 0.717) is 17.9 Å². The highest BCUT2D eigenvalue weighted by Crippen LogP contribution is 2.29. The molecule has 4 rings (SSSR count). The van der Waals surface area contributed by atoms with Gasteiger partial charge in [-0.2, -0.15) is 0 Å². The highest BCUT2D eigenvalue weighted by molar-refractivity contribution is 5.73. The monoisotopic (exact) mass is 402 g/mol. The van der Waals surface area contributed by atoms with Crippen molar-refractivity contribution in [1.82, 2.24) is 19.9 Å². The standard InChI is InChI=1S/C24H23FN4O/c1-17(20-7-6-14-29-16-27-28-23(20)29)26-15-18-10-12-19(13-11-18)30-24(2,3)21-8-4-5-9-22(21)25/h4-14,16,26H,1,15H2,2-3H3. The average Bonchev–Trinajstić information content (AvgIpc) is 3.22. The zero-order chi connectivity index (χ0) is 21.1. The van der Waals surface area contributed by atoms with Gasteiger partial charge in [-0.25, -0.2) is 4.39 Å². The summed E-state index contributed by atoms with van der Waals surface area (Å²) in [6.07, 6.45) is 3.56. The Hall–Kier alpha value is -3.67. The highest BCUT2D eigenvalue weighted by atomic mass is 19.1. The van der Waals surface area contributed by atoms with E-state index in [1.807, 2.05) is 66.9 Å². The maximum atomic E-state index is 14.1. The van der Waals surface area contributed by atoms with Crippen LogP contribution in [-0.2, 0) is 12.1 Å². The van der Waals surface area contributed by atoms with Gasteiger partial charge in [-0.15, -0.1) is 10.2 Å². The molecule has 0 fully saturated rings. The third-order valence-electron chi connectivity index (χ3n) is 4.97. The lowest BCUT2D eigenvalue weighted by molar-refractivity contribution is 0.104. The Morgan fingerprint density at radius 2 is 1.87 bits per heavy atom. The van der Waals surface area contributed by atoms with Crippen molar-refractivity contribution < 1.29 is 9.13 Å². The summed E-state index contributed by atoms with van der Waals surface area (Å²) in [7, 11) is 0. The van der Waals surface area contributed by atoms with E-state index in [2.05, 4.69) is 22.1 Å². The summed E-state index contributed by atoms with van der Waals surface area (Å²) < 4.78 is 22.1. The number of rotatable bonds is 7. The van der Waals surface area contributed by atoms with Crippen LogP contribution in [0.15, 0.2) is 79.8 Å². The van der Waals surface area contributed by atoms with Gasteiger partial charge in [-0.1, -0.05) is 36.9 Å². The lowest BCUT2D eigenvalue weighted by atomic mass is 9.97. The summed E-state index contributed by atoms with van der Waals surface area (Å²) in [6, 6.07) is 18.3. The first-order valence-electron chi connectivity index (χ1n) is 9.68. The fourth-order valence-electron chi connectivity index (χ4n) is 3.36. The molecule has 30 heavy (non-hydrogen) atoms. The number of pyridine rings is 1. The summed E-state index contributed by atoms with van der Waals surface area (Å²) in [5.74, 6) is 0.406. The molecule has 5 nitrogen and oxygen atoms in total. The van der Waals surface area contributed by atoms with Crippen LogP contribution < -0.4 is 10.1 Å². The van der Waals surface area contributed by atoms with Gasteiger partial charge in [0.15, 0.2) is 5.65 Å². The number of hydrogen-bond donors (Lipinski definition) is 1. The van der Waals surface area contributed by atoms with Crippen molar-refractivity contribution in [3.05, 3.63) is 102 Å². The van der Waals surface area contributed by atoms with E-state index in [-0.39, 0.29) is 5.82 Å². The number of nitrogens with zero attached hydrogens (tertiary/aromatic N) is 3. The lowest BCUT2D eigenvalue weighted by Crippen LogP contribution is -2.26. The van der Waals surface area contributed by atoms with Gasteiger partial charge in [0.1, 0.15) is 23.5 Å². The molecule has 4 aromatic rings. The summed E-state index contributed by atoms with van der Waals surface area (Å²) in [6.45, 7) is 8.44. The molecule has 0 atom stereocenters. The van der Waals surface area contributed by atoms with Crippen LogP contribution in [0.3, 0.4) is 0 Å². The summed E-state index contributed by atoms with van der Waals surface area (Å²) in [5.41, 5.74) is 3.25. The molecular formula is C24H23FN4O. The second-order valence-electron chi connectivity index (χ2n) is 7.55. The van der Waals surface area contributed by atoms with E-state index in [9.17, 15) is 4.39 Å². The summed E-state index contributed by atoms with van der Waals surface area (Å²) >= 11 is 0. The first kappa shape index (κ1) is 19.6. The molecule has 0 bridgehead atoms. The quantitative estimate of drug-likeness (QED) is 0.476. The van der Waals surface area contributed by atoms with Gasteiger partial charge >= 0.3 is 0 Å². The maximum Gasteiger partial charge on any atom is 0.169 e. The Labute approximate surface area is 174 Å². The number of ether oxygens (including phenoxy) is 1. The van der Waals surface area contributed by atoms with Gasteiger partial charge < -0.3 is 10.1 Å². The normalized spacial score (nSPS) is 11.4. The van der Waals surface area contributed by atoms with Gasteiger partial charge in [-0.05, 0) is 49.7 Å². The van der Waals surface area contributed by atoms with E-state index in [4.69, 9.17) is 4.74 Å². The first-order chi connectivity index (χ1) is 14.4. The Morgan fingerprint density at radius 1 is 1.10 bits per heavy atom. The molecule has 0 spiro atoms. The van der Waals surface area contributed by atoms with Crippen LogP contribution in [0.25, 0.3) is 11.3 Å². The van der Waals surface area contributed by atoms with Gasteiger partial charge in [0, 0.05) is 29.6 Å². The maximum absolute atomic E-state index is 14.1. The molecule has 0 aliphatic carbocycles. The van der Waals surface area contributed by atoms with E-state index >= 15 is 0 Å². The van der Waals surface area contributed by atoms with Gasteiger partial charge in [0.25, 0.3) is 0 Å². The number of nitrogens with one attached hydrogen (secondary N) is 1. The van der Waals surface area contributed by atoms with Crippen LogP contribution in [0.1, 0.15) is 30.5 Å². The zero-order valence-corrected chi connectivity index (χ0v) is 17.0. The predicted octanol–water partition coefficient (Wildman–Crippen LogP) is 4.94. The van der Waals surface area contributed by atoms with Crippen molar-refractivity contribution in [3.8, 4) is 5.75 Å². The molecule has 0 aliphatic rings. The number of hydrogen-bond acceptors (Lipinski definition) is 4. The van der Waals surface area contributed by atoms with Crippen LogP contribution >= 0.6 is 0 Å². The lowest BCUT2D eigenvalue weighted by Gasteiger charge is -2.27. The third-order valence-corrected chi connectivity index (χ3v) is 4.97. The Morgan fingerprint density at radius 3 is 2.63 bits per heavy atom. The van der Waals surface area contributed by atoms with Crippen molar-refractivity contribution in [2.24, 2.45) is 0 Å². The summed E-state index contributed by atoms with van der Waals surface area (Å²) in [4.78, 5) is 0. The number of aromatic nitrogens is 3. The SMILES string of the molecule is C=C(NCc1ccc(OC(C)(C)c2ccccc2F)cc1)c1cccn2cnnc12.